The number of hydrogen-bond donors (Lipinski definition) is 0. The Morgan fingerprint density at radius 1 is 1.00 bits per heavy atom. The first-order chi connectivity index (χ1) is 11.3. The molecule has 3 nitrogen and oxygen atoms in total. The van der Waals surface area contributed by atoms with Crippen LogP contribution >= 0.6 is 0 Å². The van der Waals surface area contributed by atoms with Crippen molar-refractivity contribution in [3.05, 3.63) is 35.9 Å². The Bertz CT molecular complexity index is 490. The summed E-state index contributed by atoms with van der Waals surface area (Å²) in [5.74, 6) is 0. The van der Waals surface area contributed by atoms with Crippen molar-refractivity contribution in [2.45, 2.75) is 50.2 Å². The van der Waals surface area contributed by atoms with Gasteiger partial charge in [-0.15, -0.1) is 0 Å². The molecule has 0 radical (unpaired) electrons. The maximum absolute atomic E-state index is 6.35. The van der Waals surface area contributed by atoms with Crippen LogP contribution in [0.15, 0.2) is 30.3 Å². The molecule has 0 aliphatic carbocycles. The minimum absolute atomic E-state index is 0.205. The Balaban J connectivity index is 1.24. The molecule has 3 aliphatic heterocycles. The van der Waals surface area contributed by atoms with Crippen LogP contribution in [0.2, 0.25) is 0 Å². The quantitative estimate of drug-likeness (QED) is 0.850. The van der Waals surface area contributed by atoms with Gasteiger partial charge in [0.25, 0.3) is 0 Å². The molecule has 0 saturated carbocycles. The molecule has 3 saturated heterocycles. The molecule has 3 heteroatoms. The summed E-state index contributed by atoms with van der Waals surface area (Å²) in [6, 6.07) is 11.6. The highest BCUT2D eigenvalue weighted by atomic mass is 16.5. The molecule has 1 unspecified atom stereocenters. The van der Waals surface area contributed by atoms with Crippen molar-refractivity contribution in [1.29, 1.82) is 0 Å². The Morgan fingerprint density at radius 2 is 1.74 bits per heavy atom. The third-order valence-electron chi connectivity index (χ3n) is 6.17. The van der Waals surface area contributed by atoms with E-state index in [9.17, 15) is 0 Å². The van der Waals surface area contributed by atoms with Crippen LogP contribution in [-0.4, -0.2) is 60.8 Å². The lowest BCUT2D eigenvalue weighted by molar-refractivity contribution is -0.0435. The highest BCUT2D eigenvalue weighted by Gasteiger charge is 2.44. The molecule has 3 fully saturated rings. The van der Waals surface area contributed by atoms with Crippen molar-refractivity contribution in [3.63, 3.8) is 0 Å². The molecule has 0 bridgehead atoms. The van der Waals surface area contributed by atoms with Gasteiger partial charge >= 0.3 is 0 Å². The number of hydrogen-bond acceptors (Lipinski definition) is 3. The molecule has 4 rings (SSSR count). The Labute approximate surface area is 140 Å². The van der Waals surface area contributed by atoms with Gasteiger partial charge in [0.15, 0.2) is 0 Å². The maximum Gasteiger partial charge on any atom is 0.0723 e. The van der Waals surface area contributed by atoms with Crippen LogP contribution in [0, 0.1) is 0 Å². The Morgan fingerprint density at radius 3 is 2.48 bits per heavy atom. The van der Waals surface area contributed by atoms with Gasteiger partial charge in [-0.2, -0.15) is 0 Å². The molecule has 23 heavy (non-hydrogen) atoms. The van der Waals surface area contributed by atoms with Crippen LogP contribution in [0.4, 0.5) is 0 Å². The van der Waals surface area contributed by atoms with Gasteiger partial charge in [0.2, 0.25) is 0 Å². The zero-order valence-corrected chi connectivity index (χ0v) is 14.3. The molecular weight excluding hydrogens is 284 g/mol. The number of benzene rings is 1. The minimum atomic E-state index is 0.205. The van der Waals surface area contributed by atoms with E-state index >= 15 is 0 Å². The van der Waals surface area contributed by atoms with Crippen LogP contribution in [-0.2, 0) is 11.2 Å². The number of nitrogens with zero attached hydrogens (tertiary/aromatic N) is 2. The molecule has 1 spiro atoms. The monoisotopic (exact) mass is 314 g/mol. The zero-order chi connectivity index (χ0) is 15.5. The van der Waals surface area contributed by atoms with Crippen LogP contribution in [0.5, 0.6) is 0 Å². The topological polar surface area (TPSA) is 15.7 Å². The van der Waals surface area contributed by atoms with E-state index < -0.39 is 0 Å². The first kappa shape index (κ1) is 15.6. The fourth-order valence-electron chi connectivity index (χ4n) is 4.63. The third-order valence-corrected chi connectivity index (χ3v) is 6.17. The fourth-order valence-corrected chi connectivity index (χ4v) is 4.63. The van der Waals surface area contributed by atoms with E-state index in [4.69, 9.17) is 4.74 Å². The number of likely N-dealkylation sites (tertiary alicyclic amines) is 2. The predicted octanol–water partition coefficient (Wildman–Crippen LogP) is 2.95. The molecular formula is C20H30N2O. The first-order valence-corrected chi connectivity index (χ1v) is 9.47. The standard InChI is InChI=1S/C20H30N2O/c1-2-6-18(7-3-1)8-13-21-14-9-20(10-15-21)16-19(17-23-20)22-11-4-5-12-22/h1-3,6-7,19H,4-5,8-17H2. The summed E-state index contributed by atoms with van der Waals surface area (Å²) < 4.78 is 6.35. The summed E-state index contributed by atoms with van der Waals surface area (Å²) in [6.45, 7) is 7.18. The van der Waals surface area contributed by atoms with Crippen molar-refractivity contribution in [3.8, 4) is 0 Å². The van der Waals surface area contributed by atoms with Gasteiger partial charge in [-0.3, -0.25) is 4.90 Å². The lowest BCUT2D eigenvalue weighted by atomic mass is 9.87. The number of rotatable bonds is 4. The van der Waals surface area contributed by atoms with E-state index in [1.807, 2.05) is 0 Å². The summed E-state index contributed by atoms with van der Waals surface area (Å²) >= 11 is 0. The molecule has 3 aliphatic rings. The van der Waals surface area contributed by atoms with Gasteiger partial charge in [-0.1, -0.05) is 30.3 Å². The highest BCUT2D eigenvalue weighted by molar-refractivity contribution is 5.15. The SMILES string of the molecule is c1ccc(CCN2CCC3(CC2)CC(N2CCCC2)CO3)cc1. The van der Waals surface area contributed by atoms with Crippen LogP contribution in [0.25, 0.3) is 0 Å². The first-order valence-electron chi connectivity index (χ1n) is 9.47. The third kappa shape index (κ3) is 3.62. The van der Waals surface area contributed by atoms with Crippen LogP contribution in [0.3, 0.4) is 0 Å². The van der Waals surface area contributed by atoms with E-state index in [-0.39, 0.29) is 5.60 Å². The summed E-state index contributed by atoms with van der Waals surface area (Å²) in [7, 11) is 0. The van der Waals surface area contributed by atoms with Crippen molar-refractivity contribution >= 4 is 0 Å². The average Bonchev–Trinajstić information content (AvgIpc) is 3.26. The minimum Gasteiger partial charge on any atom is -0.373 e. The second-order valence-electron chi connectivity index (χ2n) is 7.67. The van der Waals surface area contributed by atoms with Crippen LogP contribution in [0.1, 0.15) is 37.7 Å². The molecule has 0 amide bonds. The Hall–Kier alpha value is -0.900. The second kappa shape index (κ2) is 6.92. The summed E-state index contributed by atoms with van der Waals surface area (Å²) in [5.41, 5.74) is 1.66. The summed E-state index contributed by atoms with van der Waals surface area (Å²) in [4.78, 5) is 5.31. The van der Waals surface area contributed by atoms with E-state index in [1.54, 1.807) is 0 Å². The van der Waals surface area contributed by atoms with Gasteiger partial charge in [-0.05, 0) is 57.2 Å². The van der Waals surface area contributed by atoms with Crippen molar-refractivity contribution in [2.24, 2.45) is 0 Å². The molecule has 1 atom stereocenters. The van der Waals surface area contributed by atoms with Crippen LogP contribution < -0.4 is 0 Å². The number of ether oxygens (including phenoxy) is 1. The summed E-state index contributed by atoms with van der Waals surface area (Å²) in [5, 5.41) is 0. The van der Waals surface area contributed by atoms with Gasteiger partial charge in [0.05, 0.1) is 12.2 Å². The van der Waals surface area contributed by atoms with Crippen molar-refractivity contribution in [1.82, 2.24) is 9.80 Å². The smallest absolute Gasteiger partial charge is 0.0723 e. The summed E-state index contributed by atoms with van der Waals surface area (Å²) in [6.07, 6.45) is 7.68. The normalized spacial score (nSPS) is 28.6. The largest absolute Gasteiger partial charge is 0.373 e. The van der Waals surface area contributed by atoms with Gasteiger partial charge < -0.3 is 9.64 Å². The molecule has 126 valence electrons. The maximum atomic E-state index is 6.35. The molecule has 3 heterocycles. The lowest BCUT2D eigenvalue weighted by Gasteiger charge is -2.39. The van der Waals surface area contributed by atoms with E-state index in [1.165, 1.54) is 76.8 Å². The molecule has 1 aromatic carbocycles. The second-order valence-corrected chi connectivity index (χ2v) is 7.67. The predicted molar refractivity (Wildman–Crippen MR) is 93.7 cm³/mol. The molecule has 0 N–H and O–H groups in total. The van der Waals surface area contributed by atoms with Gasteiger partial charge in [-0.25, -0.2) is 0 Å². The van der Waals surface area contributed by atoms with Gasteiger partial charge in [0.1, 0.15) is 0 Å². The lowest BCUT2D eigenvalue weighted by Crippen LogP contribution is -2.45. The molecule has 0 aromatic heterocycles. The Kier molecular flexibility index (Phi) is 4.70. The average molecular weight is 314 g/mol. The van der Waals surface area contributed by atoms with Crippen molar-refractivity contribution in [2.75, 3.05) is 39.3 Å². The van der Waals surface area contributed by atoms with Gasteiger partial charge in [0, 0.05) is 25.7 Å². The highest BCUT2D eigenvalue weighted by Crippen LogP contribution is 2.38. The van der Waals surface area contributed by atoms with E-state index in [2.05, 4.69) is 40.1 Å². The van der Waals surface area contributed by atoms with E-state index in [0.29, 0.717) is 6.04 Å². The zero-order valence-electron chi connectivity index (χ0n) is 14.3. The van der Waals surface area contributed by atoms with Crippen molar-refractivity contribution < 1.29 is 4.74 Å². The van der Waals surface area contributed by atoms with E-state index in [0.717, 1.165) is 6.61 Å². The fraction of sp³-hybridized carbons (Fsp3) is 0.700. The molecule has 1 aromatic rings. The number of piperidine rings is 1.